The van der Waals surface area contributed by atoms with Gasteiger partial charge in [0.15, 0.2) is 5.60 Å². The second-order valence-electron chi connectivity index (χ2n) is 3.67. The molecule has 84 valence electrons. The maximum absolute atomic E-state index is 10.4. The molecule has 2 unspecified atom stereocenters. The summed E-state index contributed by atoms with van der Waals surface area (Å²) in [4.78, 5) is 14.4. The summed E-state index contributed by atoms with van der Waals surface area (Å²) >= 11 is 6.02. The van der Waals surface area contributed by atoms with Crippen molar-refractivity contribution in [2.45, 2.75) is 17.6 Å². The van der Waals surface area contributed by atoms with E-state index in [1.54, 1.807) is 24.3 Å². The van der Waals surface area contributed by atoms with Crippen LogP contribution in [0.15, 0.2) is 29.3 Å². The number of halogens is 1. The quantitative estimate of drug-likeness (QED) is 0.645. The molecule has 0 bridgehead atoms. The summed E-state index contributed by atoms with van der Waals surface area (Å²) in [5.74, 6) is 0. The lowest BCUT2D eigenvalue weighted by Gasteiger charge is -2.34. The molecule has 0 saturated heterocycles. The first kappa shape index (κ1) is 11.1. The number of nitrogens with zero attached hydrogens (tertiary/aromatic N) is 1. The van der Waals surface area contributed by atoms with Crippen molar-refractivity contribution < 1.29 is 14.6 Å². The first-order valence-electron chi connectivity index (χ1n) is 4.69. The minimum Gasteiger partial charge on any atom is -0.442 e. The van der Waals surface area contributed by atoms with Crippen molar-refractivity contribution in [3.63, 3.8) is 0 Å². The van der Waals surface area contributed by atoms with Gasteiger partial charge in [-0.3, -0.25) is 9.79 Å². The molecule has 16 heavy (non-hydrogen) atoms. The minimum absolute atomic E-state index is 0.208. The molecule has 2 rings (SSSR count). The van der Waals surface area contributed by atoms with Gasteiger partial charge in [0.25, 0.3) is 6.47 Å². The van der Waals surface area contributed by atoms with E-state index in [0.29, 0.717) is 11.3 Å². The molecule has 4 nitrogen and oxygen atoms in total. The monoisotopic (exact) mass is 239 g/mol. The molecule has 0 fully saturated rings. The topological polar surface area (TPSA) is 58.9 Å². The van der Waals surface area contributed by atoms with E-state index in [1.807, 2.05) is 0 Å². The maximum atomic E-state index is 10.4. The smallest absolute Gasteiger partial charge is 0.294 e. The third kappa shape index (κ3) is 1.42. The molecule has 1 aromatic carbocycles. The summed E-state index contributed by atoms with van der Waals surface area (Å²) in [7, 11) is 0. The highest BCUT2D eigenvalue weighted by molar-refractivity contribution is 6.25. The van der Waals surface area contributed by atoms with Crippen molar-refractivity contribution in [3.05, 3.63) is 29.8 Å². The highest BCUT2D eigenvalue weighted by atomic mass is 35.5. The van der Waals surface area contributed by atoms with Gasteiger partial charge in [0.1, 0.15) is 0 Å². The highest BCUT2D eigenvalue weighted by Gasteiger charge is 2.51. The van der Waals surface area contributed by atoms with Crippen LogP contribution in [0.4, 0.5) is 5.69 Å². The predicted molar refractivity (Wildman–Crippen MR) is 59.9 cm³/mol. The van der Waals surface area contributed by atoms with Crippen molar-refractivity contribution in [2.24, 2.45) is 4.99 Å². The van der Waals surface area contributed by atoms with Crippen LogP contribution in [0.1, 0.15) is 12.5 Å². The standard InChI is InChI=1S/C11H10ClNO3/c1-10(12,16-7-14)11(15)6-13-9-5-3-2-4-8(9)11/h2-7,15H,1H3. The first-order chi connectivity index (χ1) is 7.51. The molecule has 1 aromatic rings. The van der Waals surface area contributed by atoms with Crippen molar-refractivity contribution in [1.82, 2.24) is 0 Å². The van der Waals surface area contributed by atoms with Crippen LogP contribution in [0.25, 0.3) is 0 Å². The number of rotatable bonds is 3. The Bertz CT molecular complexity index is 458. The fraction of sp³-hybridized carbons (Fsp3) is 0.273. The fourth-order valence-electron chi connectivity index (χ4n) is 1.68. The SMILES string of the molecule is CC(Cl)(OC=O)C1(O)C=Nc2ccccc21. The number of fused-ring (bicyclic) bond motifs is 1. The molecular weight excluding hydrogens is 230 g/mol. The molecule has 2 atom stereocenters. The van der Waals surface area contributed by atoms with E-state index in [9.17, 15) is 9.90 Å². The van der Waals surface area contributed by atoms with E-state index >= 15 is 0 Å². The lowest BCUT2D eigenvalue weighted by molar-refractivity contribution is -0.147. The lowest BCUT2D eigenvalue weighted by Crippen LogP contribution is -2.47. The van der Waals surface area contributed by atoms with Crippen LogP contribution in [0.5, 0.6) is 0 Å². The zero-order chi connectivity index (χ0) is 11.8. The Morgan fingerprint density at radius 2 is 2.25 bits per heavy atom. The number of benzene rings is 1. The maximum Gasteiger partial charge on any atom is 0.294 e. The molecule has 1 N–H and O–H groups in total. The summed E-state index contributed by atoms with van der Waals surface area (Å²) < 4.78 is 4.72. The van der Waals surface area contributed by atoms with E-state index in [2.05, 4.69) is 4.99 Å². The van der Waals surface area contributed by atoms with Gasteiger partial charge in [-0.05, 0) is 13.0 Å². The number of aliphatic hydroxyl groups is 1. The number of alkyl halides is 1. The zero-order valence-electron chi connectivity index (χ0n) is 8.55. The Balaban J connectivity index is 2.50. The number of aliphatic imine (C=N–C) groups is 1. The van der Waals surface area contributed by atoms with Crippen LogP contribution in [0, 0.1) is 0 Å². The Hall–Kier alpha value is -1.39. The van der Waals surface area contributed by atoms with Gasteiger partial charge in [-0.2, -0.15) is 0 Å². The molecule has 0 spiro atoms. The van der Waals surface area contributed by atoms with E-state index in [1.165, 1.54) is 13.1 Å². The zero-order valence-corrected chi connectivity index (χ0v) is 9.31. The van der Waals surface area contributed by atoms with E-state index in [4.69, 9.17) is 16.3 Å². The van der Waals surface area contributed by atoms with Gasteiger partial charge >= 0.3 is 0 Å². The average Bonchev–Trinajstić information content (AvgIpc) is 2.59. The fourth-order valence-corrected chi connectivity index (χ4v) is 1.86. The first-order valence-corrected chi connectivity index (χ1v) is 5.06. The Morgan fingerprint density at radius 3 is 2.94 bits per heavy atom. The van der Waals surface area contributed by atoms with Gasteiger partial charge in [0, 0.05) is 11.8 Å². The van der Waals surface area contributed by atoms with Crippen LogP contribution in [0.3, 0.4) is 0 Å². The van der Waals surface area contributed by atoms with Gasteiger partial charge in [0.05, 0.1) is 5.69 Å². The molecular formula is C11H10ClNO3. The molecule has 0 aliphatic carbocycles. The summed E-state index contributed by atoms with van der Waals surface area (Å²) in [6.45, 7) is 1.62. The third-order valence-electron chi connectivity index (χ3n) is 2.66. The molecule has 1 heterocycles. The van der Waals surface area contributed by atoms with Crippen molar-refractivity contribution >= 4 is 30.0 Å². The number of hydrogen-bond acceptors (Lipinski definition) is 4. The second-order valence-corrected chi connectivity index (χ2v) is 4.39. The van der Waals surface area contributed by atoms with Crippen LogP contribution < -0.4 is 0 Å². The molecule has 5 heteroatoms. The number of para-hydroxylation sites is 1. The van der Waals surface area contributed by atoms with Crippen LogP contribution in [-0.4, -0.2) is 22.9 Å². The summed E-state index contributed by atoms with van der Waals surface area (Å²) in [5, 5.41) is 8.86. The molecule has 0 amide bonds. The van der Waals surface area contributed by atoms with Gasteiger partial charge < -0.3 is 9.84 Å². The summed E-state index contributed by atoms with van der Waals surface area (Å²) in [6, 6.07) is 7.00. The van der Waals surface area contributed by atoms with Crippen LogP contribution in [0.2, 0.25) is 0 Å². The Kier molecular flexibility index (Phi) is 2.48. The van der Waals surface area contributed by atoms with Gasteiger partial charge in [-0.1, -0.05) is 29.8 Å². The van der Waals surface area contributed by atoms with Crippen molar-refractivity contribution in [2.75, 3.05) is 0 Å². The van der Waals surface area contributed by atoms with Gasteiger partial charge in [0.2, 0.25) is 5.06 Å². The number of ether oxygens (including phenoxy) is 1. The average molecular weight is 240 g/mol. The molecule has 1 aliphatic rings. The van der Waals surface area contributed by atoms with E-state index < -0.39 is 10.7 Å². The number of carbonyl (C=O) groups excluding carboxylic acids is 1. The lowest BCUT2D eigenvalue weighted by atomic mass is 9.90. The molecule has 1 aliphatic heterocycles. The van der Waals surface area contributed by atoms with Crippen molar-refractivity contribution in [3.8, 4) is 0 Å². The minimum atomic E-state index is -1.61. The van der Waals surface area contributed by atoms with E-state index in [0.717, 1.165) is 0 Å². The van der Waals surface area contributed by atoms with Crippen molar-refractivity contribution in [1.29, 1.82) is 0 Å². The highest BCUT2D eigenvalue weighted by Crippen LogP contribution is 2.44. The molecule has 0 aromatic heterocycles. The van der Waals surface area contributed by atoms with E-state index in [-0.39, 0.29) is 6.47 Å². The normalized spacial score (nSPS) is 25.9. The second kappa shape index (κ2) is 3.57. The number of carbonyl (C=O) groups is 1. The van der Waals surface area contributed by atoms with Crippen LogP contribution >= 0.6 is 11.6 Å². The molecule has 0 radical (unpaired) electrons. The summed E-state index contributed by atoms with van der Waals surface area (Å²) in [6.07, 6.45) is 1.29. The Morgan fingerprint density at radius 1 is 1.56 bits per heavy atom. The Labute approximate surface area is 97.5 Å². The molecule has 0 saturated carbocycles. The van der Waals surface area contributed by atoms with Crippen LogP contribution in [-0.2, 0) is 15.1 Å². The predicted octanol–water partition coefficient (Wildman–Crippen LogP) is 1.72. The number of hydrogen-bond donors (Lipinski definition) is 1. The summed E-state index contributed by atoms with van der Waals surface area (Å²) in [5.41, 5.74) is -0.466. The van der Waals surface area contributed by atoms with Gasteiger partial charge in [-0.15, -0.1) is 0 Å². The van der Waals surface area contributed by atoms with Gasteiger partial charge in [-0.25, -0.2) is 0 Å². The largest absolute Gasteiger partial charge is 0.442 e. The third-order valence-corrected chi connectivity index (χ3v) is 3.03.